The van der Waals surface area contributed by atoms with Gasteiger partial charge in [0.05, 0.1) is 43.6 Å². The second-order valence-electron chi connectivity index (χ2n) is 5.44. The number of hydrogen-bond acceptors (Lipinski definition) is 7. The third kappa shape index (κ3) is 2.63. The second-order valence-corrected chi connectivity index (χ2v) is 5.44. The quantitative estimate of drug-likeness (QED) is 0.729. The second kappa shape index (κ2) is 6.37. The molecule has 1 aliphatic heterocycles. The van der Waals surface area contributed by atoms with E-state index in [0.717, 1.165) is 35.4 Å². The number of morpholine rings is 1. The highest BCUT2D eigenvalue weighted by atomic mass is 16.5. The van der Waals surface area contributed by atoms with E-state index >= 15 is 0 Å². The molecular weight excluding hydrogens is 306 g/mol. The summed E-state index contributed by atoms with van der Waals surface area (Å²) in [7, 11) is 1.64. The maximum Gasteiger partial charge on any atom is 0.162 e. The molecule has 1 saturated heterocycles. The molecule has 24 heavy (non-hydrogen) atoms. The zero-order valence-corrected chi connectivity index (χ0v) is 13.3. The van der Waals surface area contributed by atoms with E-state index < -0.39 is 0 Å². The smallest absolute Gasteiger partial charge is 0.162 e. The Morgan fingerprint density at radius 1 is 1.04 bits per heavy atom. The molecule has 4 heterocycles. The van der Waals surface area contributed by atoms with E-state index in [4.69, 9.17) is 14.5 Å². The van der Waals surface area contributed by atoms with Crippen molar-refractivity contribution in [2.75, 3.05) is 38.3 Å². The minimum absolute atomic E-state index is 0.654. The number of nitrogens with zero attached hydrogens (tertiary/aromatic N) is 5. The van der Waals surface area contributed by atoms with E-state index in [2.05, 4.69) is 19.9 Å². The number of aromatic nitrogens is 4. The van der Waals surface area contributed by atoms with Gasteiger partial charge < -0.3 is 14.4 Å². The van der Waals surface area contributed by atoms with Crippen LogP contribution in [0, 0.1) is 0 Å². The number of anilines is 1. The van der Waals surface area contributed by atoms with Gasteiger partial charge in [0.1, 0.15) is 11.6 Å². The van der Waals surface area contributed by atoms with Gasteiger partial charge in [-0.25, -0.2) is 9.97 Å². The number of ether oxygens (including phenoxy) is 2. The van der Waals surface area contributed by atoms with Gasteiger partial charge in [0.25, 0.3) is 0 Å². The van der Waals surface area contributed by atoms with Crippen molar-refractivity contribution in [2.24, 2.45) is 0 Å². The van der Waals surface area contributed by atoms with E-state index in [1.807, 2.05) is 12.1 Å². The lowest BCUT2D eigenvalue weighted by Crippen LogP contribution is -2.37. The number of pyridine rings is 2. The predicted molar refractivity (Wildman–Crippen MR) is 90.1 cm³/mol. The standard InChI is InChI=1S/C17H17N5O2/c1-23-14-11-19-10-13-15(14)17(22-6-8-24-9-7-22)21-16(20-13)12-2-4-18-5-3-12/h2-5,10-11H,6-9H2,1H3. The third-order valence-corrected chi connectivity index (χ3v) is 4.02. The molecule has 0 bridgehead atoms. The van der Waals surface area contributed by atoms with E-state index in [1.54, 1.807) is 31.9 Å². The fourth-order valence-corrected chi connectivity index (χ4v) is 2.82. The normalized spacial score (nSPS) is 14.8. The molecule has 3 aromatic heterocycles. The molecule has 0 N–H and O–H groups in total. The summed E-state index contributed by atoms with van der Waals surface area (Å²) < 4.78 is 11.0. The molecule has 0 aromatic carbocycles. The summed E-state index contributed by atoms with van der Waals surface area (Å²) in [5, 5.41) is 0.882. The van der Waals surface area contributed by atoms with Crippen molar-refractivity contribution >= 4 is 16.7 Å². The SMILES string of the molecule is COc1cncc2nc(-c3ccncc3)nc(N3CCOCC3)c12. The Morgan fingerprint density at radius 2 is 1.83 bits per heavy atom. The van der Waals surface area contributed by atoms with Crippen LogP contribution in [0.3, 0.4) is 0 Å². The van der Waals surface area contributed by atoms with Crippen LogP contribution in [-0.2, 0) is 4.74 Å². The summed E-state index contributed by atoms with van der Waals surface area (Å²) in [5.41, 5.74) is 1.68. The molecule has 7 nitrogen and oxygen atoms in total. The van der Waals surface area contributed by atoms with E-state index in [9.17, 15) is 0 Å². The van der Waals surface area contributed by atoms with Gasteiger partial charge in [-0.3, -0.25) is 9.97 Å². The lowest BCUT2D eigenvalue weighted by Gasteiger charge is -2.29. The van der Waals surface area contributed by atoms with Crippen LogP contribution in [0.5, 0.6) is 5.75 Å². The number of rotatable bonds is 3. The molecule has 0 radical (unpaired) electrons. The molecule has 1 fully saturated rings. The van der Waals surface area contributed by atoms with Crippen LogP contribution in [0.2, 0.25) is 0 Å². The average Bonchev–Trinajstić information content (AvgIpc) is 2.68. The minimum atomic E-state index is 0.654. The molecule has 0 unspecified atom stereocenters. The molecule has 0 saturated carbocycles. The lowest BCUT2D eigenvalue weighted by molar-refractivity contribution is 0.122. The van der Waals surface area contributed by atoms with Crippen LogP contribution >= 0.6 is 0 Å². The Labute approximate surface area is 139 Å². The van der Waals surface area contributed by atoms with Crippen LogP contribution in [0.4, 0.5) is 5.82 Å². The summed E-state index contributed by atoms with van der Waals surface area (Å²) in [4.78, 5) is 20.0. The Balaban J connectivity index is 1.94. The van der Waals surface area contributed by atoms with Gasteiger partial charge in [-0.05, 0) is 12.1 Å². The Bertz CT molecular complexity index is 850. The first kappa shape index (κ1) is 14.8. The first-order valence-corrected chi connectivity index (χ1v) is 7.79. The molecule has 1 aliphatic rings. The minimum Gasteiger partial charge on any atom is -0.494 e. The maximum absolute atomic E-state index is 5.49. The van der Waals surface area contributed by atoms with Gasteiger partial charge in [-0.15, -0.1) is 0 Å². The van der Waals surface area contributed by atoms with Gasteiger partial charge in [0.15, 0.2) is 5.82 Å². The molecule has 4 rings (SSSR count). The molecule has 7 heteroatoms. The molecule has 0 aliphatic carbocycles. The van der Waals surface area contributed by atoms with Gasteiger partial charge >= 0.3 is 0 Å². The van der Waals surface area contributed by atoms with Crippen molar-refractivity contribution in [3.8, 4) is 17.1 Å². The highest BCUT2D eigenvalue weighted by molar-refractivity contribution is 5.95. The fourth-order valence-electron chi connectivity index (χ4n) is 2.82. The van der Waals surface area contributed by atoms with Crippen molar-refractivity contribution in [3.05, 3.63) is 36.9 Å². The highest BCUT2D eigenvalue weighted by Gasteiger charge is 2.20. The summed E-state index contributed by atoms with van der Waals surface area (Å²) in [6.07, 6.45) is 6.91. The molecule has 122 valence electrons. The van der Waals surface area contributed by atoms with Gasteiger partial charge in [-0.1, -0.05) is 0 Å². The van der Waals surface area contributed by atoms with Crippen molar-refractivity contribution in [3.63, 3.8) is 0 Å². The van der Waals surface area contributed by atoms with Gasteiger partial charge in [0.2, 0.25) is 0 Å². The topological polar surface area (TPSA) is 73.3 Å². The first-order valence-electron chi connectivity index (χ1n) is 7.79. The van der Waals surface area contributed by atoms with Crippen LogP contribution in [0.1, 0.15) is 0 Å². The Hall–Kier alpha value is -2.80. The molecule has 0 amide bonds. The molecular formula is C17H17N5O2. The monoisotopic (exact) mass is 323 g/mol. The fraction of sp³-hybridized carbons (Fsp3) is 0.294. The lowest BCUT2D eigenvalue weighted by atomic mass is 10.2. The third-order valence-electron chi connectivity index (χ3n) is 4.02. The van der Waals surface area contributed by atoms with Crippen LogP contribution < -0.4 is 9.64 Å². The van der Waals surface area contributed by atoms with Gasteiger partial charge in [0, 0.05) is 31.0 Å². The molecule has 3 aromatic rings. The van der Waals surface area contributed by atoms with E-state index in [1.165, 1.54) is 0 Å². The summed E-state index contributed by atoms with van der Waals surface area (Å²) >= 11 is 0. The van der Waals surface area contributed by atoms with Crippen molar-refractivity contribution in [1.29, 1.82) is 0 Å². The average molecular weight is 323 g/mol. The first-order chi connectivity index (χ1) is 11.9. The molecule has 0 spiro atoms. The van der Waals surface area contributed by atoms with Crippen molar-refractivity contribution in [1.82, 2.24) is 19.9 Å². The zero-order valence-electron chi connectivity index (χ0n) is 13.3. The van der Waals surface area contributed by atoms with Crippen LogP contribution in [-0.4, -0.2) is 53.3 Å². The van der Waals surface area contributed by atoms with Crippen LogP contribution in [0.15, 0.2) is 36.9 Å². The van der Waals surface area contributed by atoms with Crippen molar-refractivity contribution < 1.29 is 9.47 Å². The summed E-state index contributed by atoms with van der Waals surface area (Å²) in [6.45, 7) is 2.94. The zero-order chi connectivity index (χ0) is 16.4. The Morgan fingerprint density at radius 3 is 2.58 bits per heavy atom. The summed E-state index contributed by atoms with van der Waals surface area (Å²) in [6, 6.07) is 3.80. The maximum atomic E-state index is 5.49. The van der Waals surface area contributed by atoms with E-state index in [-0.39, 0.29) is 0 Å². The largest absolute Gasteiger partial charge is 0.494 e. The highest BCUT2D eigenvalue weighted by Crippen LogP contribution is 2.33. The predicted octanol–water partition coefficient (Wildman–Crippen LogP) is 1.93. The van der Waals surface area contributed by atoms with Crippen LogP contribution in [0.25, 0.3) is 22.3 Å². The van der Waals surface area contributed by atoms with Gasteiger partial charge in [-0.2, -0.15) is 0 Å². The number of methoxy groups -OCH3 is 1. The van der Waals surface area contributed by atoms with Crippen molar-refractivity contribution in [2.45, 2.75) is 0 Å². The van der Waals surface area contributed by atoms with E-state index in [0.29, 0.717) is 24.8 Å². The Kier molecular flexibility index (Phi) is 3.92. The number of hydrogen-bond donors (Lipinski definition) is 0. The molecule has 0 atom stereocenters. The number of fused-ring (bicyclic) bond motifs is 1. The summed E-state index contributed by atoms with van der Waals surface area (Å²) in [5.74, 6) is 2.19.